The first kappa shape index (κ1) is 15.7. The van der Waals surface area contributed by atoms with Crippen LogP contribution < -0.4 is 0 Å². The Labute approximate surface area is 99.2 Å². The molecule has 0 unspecified atom stereocenters. The molecule has 0 saturated carbocycles. The van der Waals surface area contributed by atoms with Gasteiger partial charge < -0.3 is 13.7 Å². The van der Waals surface area contributed by atoms with Gasteiger partial charge in [-0.25, -0.2) is 0 Å². The van der Waals surface area contributed by atoms with Gasteiger partial charge in [0, 0.05) is 0 Å². The normalized spacial score (nSPS) is 14.4. The molecule has 0 amide bonds. The highest BCUT2D eigenvalue weighted by Gasteiger charge is 2.32. The second-order valence-electron chi connectivity index (χ2n) is 5.98. The Morgan fingerprint density at radius 2 is 1.40 bits per heavy atom. The fourth-order valence-electron chi connectivity index (χ4n) is 1.49. The van der Waals surface area contributed by atoms with Crippen LogP contribution in [0.3, 0.4) is 0 Å². The molecule has 0 saturated heterocycles. The standard InChI is InChI=1S/C8H24O3Si4/c1-13(2,9)7-12-11-15(5,6)8-14(3,4)10/h9-10H,7-8H2,1-6H3. The third-order valence-electron chi connectivity index (χ3n) is 1.71. The second kappa shape index (κ2) is 5.39. The Morgan fingerprint density at radius 1 is 0.933 bits per heavy atom. The second-order valence-corrected chi connectivity index (χ2v) is 20.7. The molecule has 2 N–H and O–H groups in total. The summed E-state index contributed by atoms with van der Waals surface area (Å²) in [7, 11) is -5.25. The van der Waals surface area contributed by atoms with E-state index < -0.39 is 25.0 Å². The van der Waals surface area contributed by atoms with Crippen LogP contribution >= 0.6 is 0 Å². The maximum absolute atomic E-state index is 9.87. The van der Waals surface area contributed by atoms with E-state index in [2.05, 4.69) is 13.1 Å². The average Bonchev–Trinajstić information content (AvgIpc) is 1.75. The van der Waals surface area contributed by atoms with E-state index in [1.165, 1.54) is 0 Å². The van der Waals surface area contributed by atoms with Crippen LogP contribution in [-0.2, 0) is 4.12 Å². The average molecular weight is 281 g/mol. The van der Waals surface area contributed by atoms with Gasteiger partial charge in [-0.05, 0) is 50.6 Å². The zero-order chi connectivity index (χ0) is 12.3. The molecule has 0 heterocycles. The molecule has 15 heavy (non-hydrogen) atoms. The highest BCUT2D eigenvalue weighted by molar-refractivity contribution is 6.91. The van der Waals surface area contributed by atoms with Gasteiger partial charge in [-0.15, -0.1) is 0 Å². The van der Waals surface area contributed by atoms with E-state index in [1.807, 2.05) is 26.2 Å². The predicted octanol–water partition coefficient (Wildman–Crippen LogP) is 1.72. The molecule has 3 nitrogen and oxygen atoms in total. The van der Waals surface area contributed by atoms with Crippen molar-refractivity contribution in [2.24, 2.45) is 0 Å². The summed E-state index contributed by atoms with van der Waals surface area (Å²) in [4.78, 5) is 19.6. The molecule has 0 spiro atoms. The first-order chi connectivity index (χ1) is 6.41. The third-order valence-corrected chi connectivity index (χ3v) is 15.4. The molecule has 7 heteroatoms. The molecule has 0 atom stereocenters. The molecular formula is C8H24O3Si4. The van der Waals surface area contributed by atoms with Crippen molar-refractivity contribution in [3.05, 3.63) is 0 Å². The fraction of sp³-hybridized carbons (Fsp3) is 1.00. The molecule has 0 bridgehead atoms. The zero-order valence-electron chi connectivity index (χ0n) is 10.7. The summed E-state index contributed by atoms with van der Waals surface area (Å²) >= 11 is 0. The van der Waals surface area contributed by atoms with Gasteiger partial charge in [0.25, 0.3) is 0 Å². The predicted molar refractivity (Wildman–Crippen MR) is 73.3 cm³/mol. The molecule has 90 valence electrons. The minimum absolute atomic E-state index is 0.405. The largest absolute Gasteiger partial charge is 0.456 e. The van der Waals surface area contributed by atoms with Crippen molar-refractivity contribution >= 4 is 34.7 Å². The Kier molecular flexibility index (Phi) is 5.65. The lowest BCUT2D eigenvalue weighted by Gasteiger charge is -2.28. The van der Waals surface area contributed by atoms with Crippen molar-refractivity contribution in [1.29, 1.82) is 0 Å². The number of hydrogen-bond donors (Lipinski definition) is 2. The van der Waals surface area contributed by atoms with Crippen molar-refractivity contribution in [2.75, 3.05) is 0 Å². The van der Waals surface area contributed by atoms with Crippen LogP contribution in [0.5, 0.6) is 0 Å². The molecule has 0 fully saturated rings. The topological polar surface area (TPSA) is 49.7 Å². The van der Waals surface area contributed by atoms with E-state index in [0.717, 1.165) is 11.3 Å². The summed E-state index contributed by atoms with van der Waals surface area (Å²) < 4.78 is 5.90. The molecule has 2 radical (unpaired) electrons. The SMILES string of the molecule is C[Si](C)(O)C[Si]O[Si](C)(C)C[Si](C)(C)O. The smallest absolute Gasteiger partial charge is 0.214 e. The summed E-state index contributed by atoms with van der Waals surface area (Å²) in [5.74, 6) is 0. The van der Waals surface area contributed by atoms with Crippen molar-refractivity contribution < 1.29 is 13.7 Å². The van der Waals surface area contributed by atoms with Crippen molar-refractivity contribution in [3.8, 4) is 0 Å². The van der Waals surface area contributed by atoms with Crippen LogP contribution in [0.15, 0.2) is 0 Å². The summed E-state index contributed by atoms with van der Waals surface area (Å²) in [5, 5.41) is 0. The first-order valence-corrected chi connectivity index (χ1v) is 15.8. The van der Waals surface area contributed by atoms with Gasteiger partial charge in [0.2, 0.25) is 9.76 Å². The van der Waals surface area contributed by atoms with Gasteiger partial charge in [0.05, 0.1) is 0 Å². The van der Waals surface area contributed by atoms with Gasteiger partial charge in [0.1, 0.15) is 0 Å². The van der Waals surface area contributed by atoms with E-state index in [4.69, 9.17) is 4.12 Å². The van der Waals surface area contributed by atoms with Crippen molar-refractivity contribution in [2.45, 2.75) is 50.6 Å². The summed E-state index contributed by atoms with van der Waals surface area (Å²) in [5.41, 5.74) is 1.69. The van der Waals surface area contributed by atoms with Crippen LogP contribution in [-0.4, -0.2) is 44.3 Å². The van der Waals surface area contributed by atoms with Gasteiger partial charge in [-0.3, -0.25) is 0 Å². The highest BCUT2D eigenvalue weighted by atomic mass is 28.4. The molecule has 0 aromatic carbocycles. The van der Waals surface area contributed by atoms with Gasteiger partial charge in [-0.1, -0.05) is 0 Å². The summed E-state index contributed by atoms with van der Waals surface area (Å²) in [6.07, 6.45) is 0. The first-order valence-electron chi connectivity index (χ1n) is 5.27. The zero-order valence-corrected chi connectivity index (χ0v) is 14.7. The minimum atomic E-state index is -2.00. The lowest BCUT2D eigenvalue weighted by molar-refractivity contribution is 0.538. The fourth-order valence-corrected chi connectivity index (χ4v) is 14.7. The third kappa shape index (κ3) is 11.0. The maximum atomic E-state index is 9.87. The lowest BCUT2D eigenvalue weighted by atomic mass is 11.8. The van der Waals surface area contributed by atoms with Crippen LogP contribution in [0.1, 0.15) is 0 Å². The quantitative estimate of drug-likeness (QED) is 0.729. The Balaban J connectivity index is 3.95. The molecular weight excluding hydrogens is 256 g/mol. The van der Waals surface area contributed by atoms with E-state index in [-0.39, 0.29) is 0 Å². The molecule has 0 aliphatic carbocycles. The van der Waals surface area contributed by atoms with E-state index in [0.29, 0.717) is 9.76 Å². The molecule has 0 aromatic heterocycles. The Hall–Kier alpha value is 0.748. The van der Waals surface area contributed by atoms with E-state index in [9.17, 15) is 9.59 Å². The van der Waals surface area contributed by atoms with Crippen LogP contribution in [0, 0.1) is 0 Å². The molecule has 0 rings (SSSR count). The van der Waals surface area contributed by atoms with E-state index >= 15 is 0 Å². The summed E-state index contributed by atoms with van der Waals surface area (Å²) in [6.45, 7) is 12.1. The van der Waals surface area contributed by atoms with Gasteiger partial charge in [-0.2, -0.15) is 0 Å². The minimum Gasteiger partial charge on any atom is -0.456 e. The van der Waals surface area contributed by atoms with Crippen molar-refractivity contribution in [1.82, 2.24) is 0 Å². The van der Waals surface area contributed by atoms with E-state index in [1.54, 1.807) is 0 Å². The highest BCUT2D eigenvalue weighted by Crippen LogP contribution is 2.19. The number of rotatable bonds is 6. The van der Waals surface area contributed by atoms with Crippen molar-refractivity contribution in [3.63, 3.8) is 0 Å². The molecule has 0 aliphatic heterocycles. The lowest BCUT2D eigenvalue weighted by Crippen LogP contribution is -2.43. The van der Waals surface area contributed by atoms with Crippen LogP contribution in [0.4, 0.5) is 0 Å². The van der Waals surface area contributed by atoms with Crippen LogP contribution in [0.25, 0.3) is 0 Å². The molecule has 0 aromatic rings. The van der Waals surface area contributed by atoms with Gasteiger partial charge >= 0.3 is 0 Å². The summed E-state index contributed by atoms with van der Waals surface area (Å²) in [6, 6.07) is 0. The maximum Gasteiger partial charge on any atom is 0.214 e. The molecule has 0 aliphatic rings. The van der Waals surface area contributed by atoms with Gasteiger partial charge in [0.15, 0.2) is 25.0 Å². The number of hydrogen-bond acceptors (Lipinski definition) is 3. The monoisotopic (exact) mass is 280 g/mol. The Morgan fingerprint density at radius 3 is 1.73 bits per heavy atom. The Bertz CT molecular complexity index is 195. The van der Waals surface area contributed by atoms with Crippen LogP contribution in [0.2, 0.25) is 50.6 Å².